The predicted molar refractivity (Wildman–Crippen MR) is 119 cm³/mol. The molecule has 1 heterocycles. The molecule has 1 saturated carbocycles. The summed E-state index contributed by atoms with van der Waals surface area (Å²) in [7, 11) is 3.78. The van der Waals surface area contributed by atoms with E-state index in [9.17, 15) is 4.79 Å². The number of aromatic nitrogens is 3. The van der Waals surface area contributed by atoms with Gasteiger partial charge in [0.05, 0.1) is 13.6 Å². The van der Waals surface area contributed by atoms with Crippen molar-refractivity contribution in [2.24, 2.45) is 0 Å². The van der Waals surface area contributed by atoms with Crippen molar-refractivity contribution in [1.82, 2.24) is 19.7 Å². The third-order valence-electron chi connectivity index (χ3n) is 5.45. The Bertz CT molecular complexity index is 1070. The number of benzene rings is 2. The van der Waals surface area contributed by atoms with E-state index >= 15 is 0 Å². The van der Waals surface area contributed by atoms with E-state index in [2.05, 4.69) is 41.2 Å². The number of hydrogen-bond donors (Lipinski definition) is 2. The van der Waals surface area contributed by atoms with Crippen molar-refractivity contribution < 1.29 is 9.69 Å². The van der Waals surface area contributed by atoms with Gasteiger partial charge in [0, 0.05) is 24.1 Å². The summed E-state index contributed by atoms with van der Waals surface area (Å²) in [4.78, 5) is 13.0. The summed E-state index contributed by atoms with van der Waals surface area (Å²) >= 11 is 5.81. The van der Waals surface area contributed by atoms with E-state index in [-0.39, 0.29) is 5.91 Å². The van der Waals surface area contributed by atoms with Crippen LogP contribution in [0.15, 0.2) is 54.6 Å². The fraction of sp³-hybridized carbons (Fsp3) is 0.348. The first-order valence-electron chi connectivity index (χ1n) is 10.4. The molecule has 0 aliphatic heterocycles. The highest BCUT2D eigenvalue weighted by Crippen LogP contribution is 2.39. The molecule has 6 nitrogen and oxygen atoms in total. The van der Waals surface area contributed by atoms with Crippen molar-refractivity contribution in [3.8, 4) is 0 Å². The molecule has 2 aromatic carbocycles. The van der Waals surface area contributed by atoms with Gasteiger partial charge < -0.3 is 10.2 Å². The molecule has 0 radical (unpaired) electrons. The lowest BCUT2D eigenvalue weighted by Gasteiger charge is -2.14. The zero-order valence-electron chi connectivity index (χ0n) is 17.5. The van der Waals surface area contributed by atoms with Gasteiger partial charge in [-0.05, 0) is 42.8 Å². The highest BCUT2D eigenvalue weighted by molar-refractivity contribution is 7.71. The van der Waals surface area contributed by atoms with Gasteiger partial charge in [0.1, 0.15) is 12.4 Å². The van der Waals surface area contributed by atoms with Crippen molar-refractivity contribution in [3.05, 3.63) is 81.9 Å². The summed E-state index contributed by atoms with van der Waals surface area (Å²) in [6.45, 7) is 2.31. The summed E-state index contributed by atoms with van der Waals surface area (Å²) in [6.07, 6.45) is 2.39. The van der Waals surface area contributed by atoms with Gasteiger partial charge >= 0.3 is 0 Å². The second-order valence-corrected chi connectivity index (χ2v) is 8.42. The molecule has 1 amide bonds. The van der Waals surface area contributed by atoms with Gasteiger partial charge in [-0.25, -0.2) is 0 Å². The third kappa shape index (κ3) is 4.68. The van der Waals surface area contributed by atoms with Crippen molar-refractivity contribution >= 4 is 18.1 Å². The molecule has 30 heavy (non-hydrogen) atoms. The van der Waals surface area contributed by atoms with Crippen LogP contribution in [0.2, 0.25) is 0 Å². The Kier molecular flexibility index (Phi) is 6.11. The monoisotopic (exact) mass is 422 g/mol. The van der Waals surface area contributed by atoms with Crippen LogP contribution in [-0.2, 0) is 19.8 Å². The zero-order valence-corrected chi connectivity index (χ0v) is 18.3. The predicted octanol–water partition coefficient (Wildman–Crippen LogP) is 2.37. The molecule has 156 valence electrons. The average Bonchev–Trinajstić information content (AvgIpc) is 3.56. The molecule has 0 spiro atoms. The van der Waals surface area contributed by atoms with Crippen LogP contribution in [0.5, 0.6) is 0 Å². The van der Waals surface area contributed by atoms with Gasteiger partial charge in [0.2, 0.25) is 4.77 Å². The Labute approximate surface area is 182 Å². The smallest absolute Gasteiger partial charge is 0.251 e. The fourth-order valence-electron chi connectivity index (χ4n) is 3.70. The molecule has 1 aliphatic carbocycles. The number of rotatable bonds is 8. The SMILES string of the molecule is CNC(=O)c1ccc(C[NH+](C)Cn2nc(C3CC3)n(Cc3ccccc3)c2=S)cc1. The first-order valence-corrected chi connectivity index (χ1v) is 10.8. The molecule has 1 fully saturated rings. The van der Waals surface area contributed by atoms with Crippen LogP contribution >= 0.6 is 12.2 Å². The lowest BCUT2D eigenvalue weighted by Crippen LogP contribution is -3.07. The molecule has 1 aromatic heterocycles. The maximum atomic E-state index is 11.7. The van der Waals surface area contributed by atoms with Gasteiger partial charge in [-0.2, -0.15) is 9.78 Å². The van der Waals surface area contributed by atoms with E-state index < -0.39 is 0 Å². The number of hydrogen-bond acceptors (Lipinski definition) is 3. The van der Waals surface area contributed by atoms with Crippen LogP contribution in [0.25, 0.3) is 0 Å². The number of quaternary nitrogens is 1. The van der Waals surface area contributed by atoms with Gasteiger partial charge in [-0.1, -0.05) is 42.5 Å². The Hall–Kier alpha value is -2.77. The van der Waals surface area contributed by atoms with Crippen molar-refractivity contribution in [2.45, 2.75) is 38.5 Å². The summed E-state index contributed by atoms with van der Waals surface area (Å²) in [6, 6.07) is 18.2. The second kappa shape index (κ2) is 8.93. The van der Waals surface area contributed by atoms with Crippen LogP contribution in [0.4, 0.5) is 0 Å². The van der Waals surface area contributed by atoms with E-state index in [0.717, 1.165) is 23.7 Å². The Morgan fingerprint density at radius 1 is 1.13 bits per heavy atom. The average molecular weight is 423 g/mol. The van der Waals surface area contributed by atoms with Crippen molar-refractivity contribution in [3.63, 3.8) is 0 Å². The van der Waals surface area contributed by atoms with E-state index in [4.69, 9.17) is 17.3 Å². The minimum absolute atomic E-state index is 0.0647. The summed E-state index contributed by atoms with van der Waals surface area (Å²) in [5, 5.41) is 7.55. The van der Waals surface area contributed by atoms with E-state index in [1.807, 2.05) is 35.0 Å². The number of carbonyl (C=O) groups is 1. The normalized spacial score (nSPS) is 14.5. The molecule has 3 aromatic rings. The largest absolute Gasteiger partial charge is 0.355 e. The van der Waals surface area contributed by atoms with Gasteiger partial charge in [-0.15, -0.1) is 0 Å². The van der Waals surface area contributed by atoms with Crippen LogP contribution in [0, 0.1) is 4.77 Å². The van der Waals surface area contributed by atoms with Gasteiger partial charge in [-0.3, -0.25) is 9.36 Å². The topological polar surface area (TPSA) is 56.3 Å². The lowest BCUT2D eigenvalue weighted by atomic mass is 10.1. The van der Waals surface area contributed by atoms with Crippen molar-refractivity contribution in [2.75, 3.05) is 14.1 Å². The standard InChI is InChI=1S/C23H27N5OS/c1-24-22(29)20-10-8-18(9-11-20)14-26(2)16-28-23(30)27(21(25-28)19-12-13-19)15-17-6-4-3-5-7-17/h3-11,19H,12-16H2,1-2H3,(H,24,29)/p+1. The van der Waals surface area contributed by atoms with Gasteiger partial charge in [0.15, 0.2) is 6.67 Å². The summed E-state index contributed by atoms with van der Waals surface area (Å²) in [5.41, 5.74) is 3.10. The Morgan fingerprint density at radius 3 is 2.47 bits per heavy atom. The van der Waals surface area contributed by atoms with E-state index in [1.165, 1.54) is 28.9 Å². The molecular formula is C23H28N5OS+. The molecule has 7 heteroatoms. The van der Waals surface area contributed by atoms with Crippen LogP contribution in [-0.4, -0.2) is 34.4 Å². The molecule has 0 bridgehead atoms. The number of nitrogens with zero attached hydrogens (tertiary/aromatic N) is 3. The molecular weight excluding hydrogens is 394 g/mol. The Balaban J connectivity index is 1.48. The zero-order chi connectivity index (χ0) is 21.1. The highest BCUT2D eigenvalue weighted by atomic mass is 32.1. The van der Waals surface area contributed by atoms with Crippen LogP contribution in [0.3, 0.4) is 0 Å². The first kappa shape index (κ1) is 20.5. The summed E-state index contributed by atoms with van der Waals surface area (Å²) in [5.74, 6) is 1.59. The molecule has 2 N–H and O–H groups in total. The minimum atomic E-state index is -0.0647. The number of carbonyl (C=O) groups excluding carboxylic acids is 1. The molecule has 4 rings (SSSR count). The molecule has 1 atom stereocenters. The fourth-order valence-corrected chi connectivity index (χ4v) is 3.96. The van der Waals surface area contributed by atoms with Crippen LogP contribution < -0.4 is 10.2 Å². The molecule has 0 saturated heterocycles. The summed E-state index contributed by atoms with van der Waals surface area (Å²) < 4.78 is 4.96. The van der Waals surface area contributed by atoms with E-state index in [0.29, 0.717) is 18.2 Å². The number of nitrogens with one attached hydrogen (secondary N) is 2. The molecule has 1 unspecified atom stereocenters. The first-order chi connectivity index (χ1) is 14.5. The second-order valence-electron chi connectivity index (χ2n) is 8.05. The van der Waals surface area contributed by atoms with Crippen molar-refractivity contribution in [1.29, 1.82) is 0 Å². The van der Waals surface area contributed by atoms with E-state index in [1.54, 1.807) is 7.05 Å². The lowest BCUT2D eigenvalue weighted by molar-refractivity contribution is -0.917. The highest BCUT2D eigenvalue weighted by Gasteiger charge is 2.30. The molecule has 1 aliphatic rings. The van der Waals surface area contributed by atoms with Crippen LogP contribution in [0.1, 0.15) is 46.1 Å². The van der Waals surface area contributed by atoms with Gasteiger partial charge in [0.25, 0.3) is 5.91 Å². The quantitative estimate of drug-likeness (QED) is 0.548. The minimum Gasteiger partial charge on any atom is -0.355 e. The third-order valence-corrected chi connectivity index (χ3v) is 5.88. The maximum absolute atomic E-state index is 11.7. The number of amides is 1. The Morgan fingerprint density at radius 2 is 1.83 bits per heavy atom. The maximum Gasteiger partial charge on any atom is 0.251 e.